The first kappa shape index (κ1) is 20.5. The molecule has 0 saturated carbocycles. The summed E-state index contributed by atoms with van der Waals surface area (Å²) in [6, 6.07) is 11.4. The van der Waals surface area contributed by atoms with Crippen molar-refractivity contribution in [3.63, 3.8) is 0 Å². The molecule has 8 heteroatoms. The minimum atomic E-state index is -0.0316. The smallest absolute Gasteiger partial charge is 0.256 e. The van der Waals surface area contributed by atoms with Crippen LogP contribution in [0.2, 0.25) is 0 Å². The Hall–Kier alpha value is -3.73. The second-order valence-electron chi connectivity index (χ2n) is 7.92. The molecule has 1 unspecified atom stereocenters. The molecule has 0 aliphatic carbocycles. The van der Waals surface area contributed by atoms with Gasteiger partial charge < -0.3 is 10.2 Å². The topological polar surface area (TPSA) is 99.7 Å². The van der Waals surface area contributed by atoms with Gasteiger partial charge in [-0.05, 0) is 49.9 Å². The number of hydrogen-bond acceptors (Lipinski definition) is 6. The second kappa shape index (κ2) is 8.96. The number of nitriles is 1. The van der Waals surface area contributed by atoms with E-state index in [-0.39, 0.29) is 11.9 Å². The molecule has 0 bridgehead atoms. The van der Waals surface area contributed by atoms with Crippen LogP contribution in [0.3, 0.4) is 0 Å². The fourth-order valence-electron chi connectivity index (χ4n) is 4.14. The van der Waals surface area contributed by atoms with Crippen LogP contribution in [-0.4, -0.2) is 49.9 Å². The number of rotatable bonds is 5. The maximum atomic E-state index is 13.7. The minimum Gasteiger partial charge on any atom is -0.367 e. The van der Waals surface area contributed by atoms with E-state index in [1.165, 1.54) is 4.80 Å². The fraction of sp³-hybridized carbons (Fsp3) is 0.348. The van der Waals surface area contributed by atoms with Crippen molar-refractivity contribution in [1.82, 2.24) is 24.9 Å². The van der Waals surface area contributed by atoms with E-state index < -0.39 is 0 Å². The molecule has 1 aliphatic heterocycles. The van der Waals surface area contributed by atoms with E-state index in [9.17, 15) is 10.1 Å². The van der Waals surface area contributed by atoms with Crippen LogP contribution in [0.25, 0.3) is 5.69 Å². The number of piperidine rings is 1. The monoisotopic (exact) mass is 415 g/mol. The molecule has 3 heterocycles. The summed E-state index contributed by atoms with van der Waals surface area (Å²) in [6.45, 7) is 5.35. The first-order valence-electron chi connectivity index (χ1n) is 10.5. The summed E-state index contributed by atoms with van der Waals surface area (Å²) in [5.41, 5.74) is 2.76. The van der Waals surface area contributed by atoms with Crippen LogP contribution in [0.15, 0.2) is 48.9 Å². The molecule has 1 aliphatic rings. The van der Waals surface area contributed by atoms with Crippen molar-refractivity contribution in [3.8, 4) is 11.8 Å². The van der Waals surface area contributed by atoms with Gasteiger partial charge in [0.05, 0.1) is 35.2 Å². The SMILES string of the molecule is Cc1ccc(-n2nccn2)c(C(=O)N2CCC[C@@H](C)C2CNc2ncccc2C#N)c1. The third kappa shape index (κ3) is 4.26. The number of carbonyl (C=O) groups excluding carboxylic acids is 1. The van der Waals surface area contributed by atoms with E-state index >= 15 is 0 Å². The first-order chi connectivity index (χ1) is 15.1. The molecule has 8 nitrogen and oxygen atoms in total. The molecule has 158 valence electrons. The number of likely N-dealkylation sites (tertiary alicyclic amines) is 1. The summed E-state index contributed by atoms with van der Waals surface area (Å²) < 4.78 is 0. The van der Waals surface area contributed by atoms with E-state index in [2.05, 4.69) is 33.5 Å². The van der Waals surface area contributed by atoms with Crippen LogP contribution in [-0.2, 0) is 0 Å². The lowest BCUT2D eigenvalue weighted by molar-refractivity contribution is 0.0539. The largest absolute Gasteiger partial charge is 0.367 e. The summed E-state index contributed by atoms with van der Waals surface area (Å²) in [5.74, 6) is 0.832. The summed E-state index contributed by atoms with van der Waals surface area (Å²) in [7, 11) is 0. The molecule has 0 radical (unpaired) electrons. The third-order valence-corrected chi connectivity index (χ3v) is 5.80. The molecule has 31 heavy (non-hydrogen) atoms. The predicted molar refractivity (Wildman–Crippen MR) is 117 cm³/mol. The number of aromatic nitrogens is 4. The molecule has 2 atom stereocenters. The van der Waals surface area contributed by atoms with Crippen LogP contribution < -0.4 is 5.32 Å². The van der Waals surface area contributed by atoms with Crippen molar-refractivity contribution in [2.75, 3.05) is 18.4 Å². The molecule has 3 aromatic rings. The number of benzene rings is 1. The Bertz CT molecular complexity index is 1100. The highest BCUT2D eigenvalue weighted by Gasteiger charge is 2.33. The highest BCUT2D eigenvalue weighted by atomic mass is 16.2. The number of nitrogens with one attached hydrogen (secondary N) is 1. The highest BCUT2D eigenvalue weighted by molar-refractivity contribution is 5.98. The third-order valence-electron chi connectivity index (χ3n) is 5.80. The molecule has 1 aromatic carbocycles. The molecule has 2 aromatic heterocycles. The van der Waals surface area contributed by atoms with Crippen LogP contribution in [0.4, 0.5) is 5.82 Å². The number of anilines is 1. The number of amides is 1. The van der Waals surface area contributed by atoms with Crippen molar-refractivity contribution < 1.29 is 4.79 Å². The Morgan fingerprint density at radius 1 is 1.26 bits per heavy atom. The number of hydrogen-bond donors (Lipinski definition) is 1. The Morgan fingerprint density at radius 3 is 2.84 bits per heavy atom. The Kier molecular flexibility index (Phi) is 5.94. The number of pyridine rings is 1. The van der Waals surface area contributed by atoms with Crippen LogP contribution in [0.5, 0.6) is 0 Å². The van der Waals surface area contributed by atoms with Crippen molar-refractivity contribution in [3.05, 3.63) is 65.6 Å². The lowest BCUT2D eigenvalue weighted by atomic mass is 9.89. The van der Waals surface area contributed by atoms with Crippen molar-refractivity contribution in [1.29, 1.82) is 5.26 Å². The maximum Gasteiger partial charge on any atom is 0.256 e. The van der Waals surface area contributed by atoms with E-state index in [1.807, 2.05) is 30.0 Å². The molecular weight excluding hydrogens is 390 g/mol. The Labute approximate surface area is 181 Å². The van der Waals surface area contributed by atoms with Gasteiger partial charge in [0.2, 0.25) is 0 Å². The molecule has 1 saturated heterocycles. The second-order valence-corrected chi connectivity index (χ2v) is 7.92. The van der Waals surface area contributed by atoms with Crippen LogP contribution >= 0.6 is 0 Å². The minimum absolute atomic E-state index is 0.0197. The summed E-state index contributed by atoms with van der Waals surface area (Å²) >= 11 is 0. The molecule has 4 rings (SSSR count). The summed E-state index contributed by atoms with van der Waals surface area (Å²) in [4.78, 5) is 21.4. The van der Waals surface area contributed by atoms with Gasteiger partial charge in [0, 0.05) is 19.3 Å². The van der Waals surface area contributed by atoms with Gasteiger partial charge in [-0.2, -0.15) is 20.3 Å². The molecule has 0 spiro atoms. The number of nitrogens with zero attached hydrogens (tertiary/aromatic N) is 6. The van der Waals surface area contributed by atoms with Crippen molar-refractivity contribution in [2.45, 2.75) is 32.7 Å². The van der Waals surface area contributed by atoms with E-state index in [1.54, 1.807) is 30.7 Å². The molecule has 1 fully saturated rings. The van der Waals surface area contributed by atoms with Gasteiger partial charge in [0.1, 0.15) is 11.9 Å². The first-order valence-corrected chi connectivity index (χ1v) is 10.5. The lowest BCUT2D eigenvalue weighted by Crippen LogP contribution is -2.51. The zero-order chi connectivity index (χ0) is 21.8. The van der Waals surface area contributed by atoms with Gasteiger partial charge in [-0.15, -0.1) is 0 Å². The summed E-state index contributed by atoms with van der Waals surface area (Å²) in [5, 5.41) is 21.1. The Balaban J connectivity index is 1.62. The standard InChI is InChI=1S/C23H25N7O/c1-16-7-8-20(30-27-10-11-28-30)19(13-16)23(31)29-12-4-5-17(2)21(29)15-26-22-18(14-24)6-3-9-25-22/h3,6-11,13,17,21H,4-5,12,15H2,1-2H3,(H,25,26)/t17-,21?/m1/s1. The maximum absolute atomic E-state index is 13.7. The van der Waals surface area contributed by atoms with Crippen molar-refractivity contribution >= 4 is 11.7 Å². The quantitative estimate of drug-likeness (QED) is 0.687. The zero-order valence-electron chi connectivity index (χ0n) is 17.7. The van der Waals surface area contributed by atoms with E-state index in [0.717, 1.165) is 18.4 Å². The normalized spacial score (nSPS) is 18.4. The lowest BCUT2D eigenvalue weighted by Gasteiger charge is -2.40. The number of aryl methyl sites for hydroxylation is 1. The zero-order valence-corrected chi connectivity index (χ0v) is 17.7. The van der Waals surface area contributed by atoms with Gasteiger partial charge in [0.15, 0.2) is 0 Å². The highest BCUT2D eigenvalue weighted by Crippen LogP contribution is 2.27. The number of carbonyl (C=O) groups is 1. The molecule has 1 amide bonds. The Morgan fingerprint density at radius 2 is 2.06 bits per heavy atom. The predicted octanol–water partition coefficient (Wildman–Crippen LogP) is 3.20. The van der Waals surface area contributed by atoms with Crippen LogP contribution in [0, 0.1) is 24.2 Å². The van der Waals surface area contributed by atoms with Gasteiger partial charge >= 0.3 is 0 Å². The van der Waals surface area contributed by atoms with Crippen LogP contribution in [0.1, 0.15) is 41.3 Å². The fourth-order valence-corrected chi connectivity index (χ4v) is 4.14. The van der Waals surface area contributed by atoms with Gasteiger partial charge in [-0.25, -0.2) is 4.98 Å². The average Bonchev–Trinajstić information content (AvgIpc) is 3.32. The van der Waals surface area contributed by atoms with E-state index in [0.29, 0.717) is 41.6 Å². The molecular formula is C23H25N7O. The molecule has 1 N–H and O–H groups in total. The summed E-state index contributed by atoms with van der Waals surface area (Å²) in [6.07, 6.45) is 6.86. The average molecular weight is 416 g/mol. The van der Waals surface area contributed by atoms with Gasteiger partial charge in [-0.3, -0.25) is 4.79 Å². The van der Waals surface area contributed by atoms with Crippen molar-refractivity contribution in [2.24, 2.45) is 5.92 Å². The van der Waals surface area contributed by atoms with Gasteiger partial charge in [-0.1, -0.05) is 18.6 Å². The van der Waals surface area contributed by atoms with Gasteiger partial charge in [0.25, 0.3) is 5.91 Å². The van der Waals surface area contributed by atoms with E-state index in [4.69, 9.17) is 0 Å².